The topological polar surface area (TPSA) is 79.3 Å². The van der Waals surface area contributed by atoms with E-state index in [0.29, 0.717) is 10.8 Å². The first-order valence-electron chi connectivity index (χ1n) is 6.63. The molecule has 0 aliphatic heterocycles. The van der Waals surface area contributed by atoms with Gasteiger partial charge in [0.15, 0.2) is 0 Å². The first-order chi connectivity index (χ1) is 8.86. The van der Waals surface area contributed by atoms with E-state index < -0.39 is 0 Å². The van der Waals surface area contributed by atoms with Gasteiger partial charge in [-0.2, -0.15) is 5.11 Å². The molecule has 4 nitrogen and oxygen atoms in total. The molecule has 0 aromatic carbocycles. The summed E-state index contributed by atoms with van der Waals surface area (Å²) in [5.74, 6) is 0.0445. The second-order valence-electron chi connectivity index (χ2n) is 6.24. The van der Waals surface area contributed by atoms with Crippen LogP contribution in [-0.2, 0) is 13.0 Å². The molecule has 1 aromatic rings. The van der Waals surface area contributed by atoms with Crippen LogP contribution >= 0.6 is 11.3 Å². The van der Waals surface area contributed by atoms with Crippen LogP contribution in [0.25, 0.3) is 0 Å². The predicted octanol–water partition coefficient (Wildman–Crippen LogP) is 3.84. The van der Waals surface area contributed by atoms with Gasteiger partial charge in [-0.25, -0.2) is 5.53 Å². The maximum atomic E-state index is 11.6. The van der Waals surface area contributed by atoms with E-state index in [0.717, 1.165) is 24.8 Å². The molecular formula is C14H21N3OS. The van der Waals surface area contributed by atoms with Crippen LogP contribution in [0, 0.1) is 10.9 Å². The number of hydrogen-bond donors (Lipinski definition) is 2. The lowest BCUT2D eigenvalue weighted by atomic mass is 9.70. The van der Waals surface area contributed by atoms with Crippen LogP contribution in [0.3, 0.4) is 0 Å². The van der Waals surface area contributed by atoms with Crippen molar-refractivity contribution in [2.45, 2.75) is 52.5 Å². The number of nitrogens with one attached hydrogen (secondary N) is 1. The first-order valence-corrected chi connectivity index (χ1v) is 7.45. The zero-order valence-electron chi connectivity index (χ0n) is 11.7. The van der Waals surface area contributed by atoms with E-state index in [9.17, 15) is 4.79 Å². The van der Waals surface area contributed by atoms with Gasteiger partial charge in [0.1, 0.15) is 0 Å². The Hall–Kier alpha value is -1.23. The van der Waals surface area contributed by atoms with Crippen molar-refractivity contribution < 1.29 is 4.79 Å². The largest absolute Gasteiger partial charge is 0.365 e. The normalized spacial score (nSPS) is 19.0. The Morgan fingerprint density at radius 2 is 2.21 bits per heavy atom. The summed E-state index contributed by atoms with van der Waals surface area (Å²) in [6, 6.07) is 0. The highest BCUT2D eigenvalue weighted by Crippen LogP contribution is 2.48. The standard InChI is InChI=1S/C14H21N3OS/c1-14(2,3)9-5-4-6-10-11(9)8(7-17-16)12(19-10)13(15)18/h9,16H,4-7H2,1-3H3,(H2,15,18). The summed E-state index contributed by atoms with van der Waals surface area (Å²) in [6.45, 7) is 6.97. The van der Waals surface area contributed by atoms with Gasteiger partial charge in [0.2, 0.25) is 0 Å². The Balaban J connectivity index is 2.60. The van der Waals surface area contributed by atoms with Gasteiger partial charge >= 0.3 is 0 Å². The van der Waals surface area contributed by atoms with Crippen LogP contribution in [0.2, 0.25) is 0 Å². The summed E-state index contributed by atoms with van der Waals surface area (Å²) in [4.78, 5) is 13.5. The summed E-state index contributed by atoms with van der Waals surface area (Å²) in [6.07, 6.45) is 3.31. The van der Waals surface area contributed by atoms with Crippen LogP contribution < -0.4 is 5.73 Å². The molecule has 5 heteroatoms. The van der Waals surface area contributed by atoms with Gasteiger partial charge in [0, 0.05) is 10.4 Å². The third-order valence-electron chi connectivity index (χ3n) is 3.88. The number of nitrogens with zero attached hydrogens (tertiary/aromatic N) is 1. The molecular weight excluding hydrogens is 258 g/mol. The number of hydrogen-bond acceptors (Lipinski definition) is 4. The molecule has 2 rings (SSSR count). The van der Waals surface area contributed by atoms with E-state index >= 15 is 0 Å². The number of aryl methyl sites for hydroxylation is 1. The number of primary amides is 1. The van der Waals surface area contributed by atoms with Crippen LogP contribution in [-0.4, -0.2) is 5.91 Å². The monoisotopic (exact) mass is 279 g/mol. The Kier molecular flexibility index (Phi) is 3.76. The first kappa shape index (κ1) is 14.2. The third-order valence-corrected chi connectivity index (χ3v) is 5.20. The number of carbonyl (C=O) groups excluding carboxylic acids is 1. The minimum Gasteiger partial charge on any atom is -0.365 e. The van der Waals surface area contributed by atoms with Crippen molar-refractivity contribution in [3.63, 3.8) is 0 Å². The average Bonchev–Trinajstić information content (AvgIpc) is 2.67. The van der Waals surface area contributed by atoms with E-state index in [2.05, 4.69) is 25.9 Å². The minimum atomic E-state index is -0.384. The van der Waals surface area contributed by atoms with Crippen molar-refractivity contribution in [1.29, 1.82) is 5.53 Å². The molecule has 1 heterocycles. The summed E-state index contributed by atoms with van der Waals surface area (Å²) < 4.78 is 0. The quantitative estimate of drug-likeness (QED) is 0.810. The SMILES string of the molecule is CC(C)(C)C1CCCc2sc(C(N)=O)c(CN=N)c21. The number of amides is 1. The lowest BCUT2D eigenvalue weighted by Crippen LogP contribution is -2.23. The van der Waals surface area contributed by atoms with Crippen LogP contribution in [0.1, 0.15) is 65.2 Å². The van der Waals surface area contributed by atoms with Gasteiger partial charge in [0.05, 0.1) is 11.4 Å². The van der Waals surface area contributed by atoms with E-state index in [4.69, 9.17) is 11.3 Å². The molecule has 104 valence electrons. The molecule has 1 aliphatic carbocycles. The van der Waals surface area contributed by atoms with E-state index in [1.807, 2.05) is 0 Å². The molecule has 0 fully saturated rings. The molecule has 0 bridgehead atoms. The molecule has 0 saturated carbocycles. The number of rotatable bonds is 3. The van der Waals surface area contributed by atoms with Gasteiger partial charge in [0.25, 0.3) is 5.91 Å². The predicted molar refractivity (Wildman–Crippen MR) is 76.8 cm³/mol. The lowest BCUT2D eigenvalue weighted by Gasteiger charge is -2.35. The molecule has 1 amide bonds. The highest BCUT2D eigenvalue weighted by Gasteiger charge is 2.35. The Morgan fingerprint density at radius 3 is 2.74 bits per heavy atom. The van der Waals surface area contributed by atoms with Crippen molar-refractivity contribution >= 4 is 17.2 Å². The second-order valence-corrected chi connectivity index (χ2v) is 7.34. The summed E-state index contributed by atoms with van der Waals surface area (Å²) in [5.41, 5.74) is 14.9. The van der Waals surface area contributed by atoms with Gasteiger partial charge < -0.3 is 5.73 Å². The fourth-order valence-corrected chi connectivity index (χ4v) is 4.30. The molecule has 1 unspecified atom stereocenters. The number of carbonyl (C=O) groups is 1. The highest BCUT2D eigenvalue weighted by atomic mass is 32.1. The summed E-state index contributed by atoms with van der Waals surface area (Å²) >= 11 is 1.51. The van der Waals surface area contributed by atoms with Crippen molar-refractivity contribution in [2.75, 3.05) is 0 Å². The van der Waals surface area contributed by atoms with Crippen LogP contribution in [0.5, 0.6) is 0 Å². The molecule has 0 saturated heterocycles. The van der Waals surface area contributed by atoms with Gasteiger partial charge in [-0.15, -0.1) is 11.3 Å². The minimum absolute atomic E-state index is 0.155. The molecule has 0 radical (unpaired) electrons. The molecule has 1 aliphatic rings. The highest BCUT2D eigenvalue weighted by molar-refractivity contribution is 7.14. The van der Waals surface area contributed by atoms with Crippen molar-refractivity contribution in [3.8, 4) is 0 Å². The number of nitrogens with two attached hydrogens (primary N) is 1. The molecule has 19 heavy (non-hydrogen) atoms. The fourth-order valence-electron chi connectivity index (χ4n) is 3.03. The van der Waals surface area contributed by atoms with Gasteiger partial charge in [-0.05, 0) is 36.2 Å². The summed E-state index contributed by atoms with van der Waals surface area (Å²) in [7, 11) is 0. The lowest BCUT2D eigenvalue weighted by molar-refractivity contribution is 0.100. The maximum Gasteiger partial charge on any atom is 0.259 e. The Labute approximate surface area is 117 Å². The summed E-state index contributed by atoms with van der Waals surface area (Å²) in [5, 5.41) is 3.49. The average molecular weight is 279 g/mol. The molecule has 0 spiro atoms. The van der Waals surface area contributed by atoms with E-state index in [1.165, 1.54) is 21.8 Å². The van der Waals surface area contributed by atoms with Crippen LogP contribution in [0.4, 0.5) is 0 Å². The fraction of sp³-hybridized carbons (Fsp3) is 0.643. The third kappa shape index (κ3) is 2.56. The smallest absolute Gasteiger partial charge is 0.259 e. The second kappa shape index (κ2) is 5.04. The molecule has 1 atom stereocenters. The number of fused-ring (bicyclic) bond motifs is 1. The van der Waals surface area contributed by atoms with Crippen molar-refractivity contribution in [3.05, 3.63) is 20.9 Å². The Morgan fingerprint density at radius 1 is 1.53 bits per heavy atom. The Bertz CT molecular complexity index is 513. The zero-order chi connectivity index (χ0) is 14.2. The number of thiophene rings is 1. The molecule has 3 N–H and O–H groups in total. The molecule has 1 aromatic heterocycles. The van der Waals surface area contributed by atoms with E-state index in [1.54, 1.807) is 0 Å². The van der Waals surface area contributed by atoms with Gasteiger partial charge in [-0.3, -0.25) is 4.79 Å². The van der Waals surface area contributed by atoms with Gasteiger partial charge in [-0.1, -0.05) is 20.8 Å². The van der Waals surface area contributed by atoms with E-state index in [-0.39, 0.29) is 17.9 Å². The maximum absolute atomic E-state index is 11.6. The van der Waals surface area contributed by atoms with Crippen molar-refractivity contribution in [1.82, 2.24) is 0 Å². The van der Waals surface area contributed by atoms with Crippen molar-refractivity contribution in [2.24, 2.45) is 16.3 Å². The van der Waals surface area contributed by atoms with Crippen LogP contribution in [0.15, 0.2) is 5.11 Å². The zero-order valence-corrected chi connectivity index (χ0v) is 12.6.